The van der Waals surface area contributed by atoms with E-state index in [0.717, 1.165) is 22.8 Å². The number of halogens is 1. The highest BCUT2D eigenvalue weighted by Crippen LogP contribution is 2.38. The van der Waals surface area contributed by atoms with E-state index < -0.39 is 5.60 Å². The number of rotatable bonds is 2. The van der Waals surface area contributed by atoms with Crippen LogP contribution in [0.3, 0.4) is 0 Å². The van der Waals surface area contributed by atoms with Gasteiger partial charge in [-0.15, -0.1) is 0 Å². The van der Waals surface area contributed by atoms with Crippen molar-refractivity contribution in [2.24, 2.45) is 0 Å². The third-order valence-electron chi connectivity index (χ3n) is 3.06. The molecule has 0 amide bonds. The zero-order valence-corrected chi connectivity index (χ0v) is 10.3. The smallest absolute Gasteiger partial charge is 0.0811 e. The largest absolute Gasteiger partial charge is 0.388 e. The van der Waals surface area contributed by atoms with Crippen molar-refractivity contribution in [3.63, 3.8) is 0 Å². The first kappa shape index (κ1) is 11.3. The molecule has 1 fully saturated rings. The first-order chi connectivity index (χ1) is 7.10. The van der Waals surface area contributed by atoms with Crippen LogP contribution in [0.1, 0.15) is 18.9 Å². The minimum Gasteiger partial charge on any atom is -0.388 e. The number of aliphatic hydroxyl groups is 1. The molecule has 0 radical (unpaired) electrons. The number of hydrogen-bond donors (Lipinski definition) is 1. The Kier molecular flexibility index (Phi) is 3.29. The van der Waals surface area contributed by atoms with Crippen molar-refractivity contribution < 1.29 is 5.11 Å². The van der Waals surface area contributed by atoms with Crippen molar-refractivity contribution in [1.82, 2.24) is 0 Å². The van der Waals surface area contributed by atoms with Crippen LogP contribution in [0.4, 0.5) is 0 Å². The molecule has 1 nitrogen and oxygen atoms in total. The molecule has 1 aromatic rings. The van der Waals surface area contributed by atoms with Crippen molar-refractivity contribution >= 4 is 23.4 Å². The molecule has 1 aromatic carbocycles. The molecule has 1 saturated heterocycles. The molecule has 0 aromatic heterocycles. The van der Waals surface area contributed by atoms with Crippen LogP contribution >= 0.6 is 23.4 Å². The summed E-state index contributed by atoms with van der Waals surface area (Å²) in [5, 5.41) is 11.5. The summed E-state index contributed by atoms with van der Waals surface area (Å²) in [4.78, 5) is 0. The molecule has 2 unspecified atom stereocenters. The van der Waals surface area contributed by atoms with Gasteiger partial charge in [0, 0.05) is 16.7 Å². The zero-order valence-electron chi connectivity index (χ0n) is 8.74. The van der Waals surface area contributed by atoms with Crippen LogP contribution in [0, 0.1) is 0 Å². The van der Waals surface area contributed by atoms with Gasteiger partial charge in [-0.1, -0.05) is 30.7 Å². The molecule has 2 rings (SSSR count). The van der Waals surface area contributed by atoms with Crippen molar-refractivity contribution in [2.45, 2.75) is 30.6 Å². The van der Waals surface area contributed by atoms with E-state index in [2.05, 4.69) is 6.92 Å². The molecule has 3 heteroatoms. The highest BCUT2D eigenvalue weighted by atomic mass is 35.5. The van der Waals surface area contributed by atoms with E-state index in [0.29, 0.717) is 11.7 Å². The maximum absolute atomic E-state index is 10.4. The van der Waals surface area contributed by atoms with E-state index in [1.807, 2.05) is 36.0 Å². The van der Waals surface area contributed by atoms with E-state index in [4.69, 9.17) is 11.6 Å². The van der Waals surface area contributed by atoms with Gasteiger partial charge in [0.2, 0.25) is 0 Å². The summed E-state index contributed by atoms with van der Waals surface area (Å²) >= 11 is 7.77. The second-order valence-electron chi connectivity index (χ2n) is 4.17. The van der Waals surface area contributed by atoms with Crippen molar-refractivity contribution in [1.29, 1.82) is 0 Å². The van der Waals surface area contributed by atoms with Gasteiger partial charge in [-0.2, -0.15) is 11.8 Å². The molecule has 1 aliphatic heterocycles. The fraction of sp³-hybridized carbons (Fsp3) is 0.500. The quantitative estimate of drug-likeness (QED) is 0.860. The Balaban J connectivity index is 2.14. The Labute approximate surface area is 99.8 Å². The summed E-state index contributed by atoms with van der Waals surface area (Å²) in [6.45, 7) is 2.10. The van der Waals surface area contributed by atoms with E-state index in [9.17, 15) is 5.11 Å². The van der Waals surface area contributed by atoms with Crippen LogP contribution in [0.15, 0.2) is 24.3 Å². The van der Waals surface area contributed by atoms with E-state index in [1.165, 1.54) is 0 Å². The molecule has 15 heavy (non-hydrogen) atoms. The molecule has 0 aliphatic carbocycles. The van der Waals surface area contributed by atoms with E-state index >= 15 is 0 Å². The standard InChI is InChI=1S/C12H15ClOS/c1-9-12(14,5-6-15-9)8-10-3-2-4-11(13)7-10/h2-4,7,9,14H,5-6,8H2,1H3. The molecule has 82 valence electrons. The fourth-order valence-corrected chi connectivity index (χ4v) is 3.55. The van der Waals surface area contributed by atoms with Gasteiger partial charge in [-0.05, 0) is 29.9 Å². The van der Waals surface area contributed by atoms with Crippen LogP contribution in [0.25, 0.3) is 0 Å². The van der Waals surface area contributed by atoms with Crippen LogP contribution in [0.2, 0.25) is 5.02 Å². The lowest BCUT2D eigenvalue weighted by Gasteiger charge is -2.26. The SMILES string of the molecule is CC1SCCC1(O)Cc1cccc(Cl)c1. The van der Waals surface area contributed by atoms with Crippen LogP contribution < -0.4 is 0 Å². The minimum atomic E-state index is -0.546. The van der Waals surface area contributed by atoms with Gasteiger partial charge in [0.25, 0.3) is 0 Å². The summed E-state index contributed by atoms with van der Waals surface area (Å²) in [6.07, 6.45) is 1.59. The monoisotopic (exact) mass is 242 g/mol. The maximum atomic E-state index is 10.4. The van der Waals surface area contributed by atoms with Gasteiger partial charge in [0.05, 0.1) is 5.60 Å². The predicted molar refractivity (Wildman–Crippen MR) is 66.6 cm³/mol. The topological polar surface area (TPSA) is 20.2 Å². The van der Waals surface area contributed by atoms with E-state index in [1.54, 1.807) is 0 Å². The van der Waals surface area contributed by atoms with Crippen LogP contribution in [0.5, 0.6) is 0 Å². The van der Waals surface area contributed by atoms with Gasteiger partial charge in [0.15, 0.2) is 0 Å². The first-order valence-corrected chi connectivity index (χ1v) is 6.61. The molecule has 1 heterocycles. The molecular formula is C12H15ClOS. The van der Waals surface area contributed by atoms with Gasteiger partial charge in [-0.3, -0.25) is 0 Å². The summed E-state index contributed by atoms with van der Waals surface area (Å²) in [5.74, 6) is 1.05. The lowest BCUT2D eigenvalue weighted by molar-refractivity contribution is 0.0464. The summed E-state index contributed by atoms with van der Waals surface area (Å²) in [5.41, 5.74) is 0.578. The van der Waals surface area contributed by atoms with Gasteiger partial charge in [0.1, 0.15) is 0 Å². The predicted octanol–water partition coefficient (Wildman–Crippen LogP) is 3.14. The molecule has 0 bridgehead atoms. The normalized spacial score (nSPS) is 30.7. The Morgan fingerprint density at radius 1 is 1.60 bits per heavy atom. The van der Waals surface area contributed by atoms with Crippen molar-refractivity contribution in [3.8, 4) is 0 Å². The molecule has 0 spiro atoms. The van der Waals surface area contributed by atoms with Gasteiger partial charge >= 0.3 is 0 Å². The van der Waals surface area contributed by atoms with Gasteiger partial charge in [-0.25, -0.2) is 0 Å². The molecule has 1 aliphatic rings. The lowest BCUT2D eigenvalue weighted by Crippen LogP contribution is -2.36. The summed E-state index contributed by atoms with van der Waals surface area (Å²) in [7, 11) is 0. The Bertz CT molecular complexity index is 355. The zero-order chi connectivity index (χ0) is 10.9. The molecule has 2 atom stereocenters. The molecule has 1 N–H and O–H groups in total. The van der Waals surface area contributed by atoms with Crippen LogP contribution in [-0.4, -0.2) is 21.7 Å². The third kappa shape index (κ3) is 2.49. The summed E-state index contributed by atoms with van der Waals surface area (Å²) in [6, 6.07) is 7.77. The average molecular weight is 243 g/mol. The number of benzene rings is 1. The maximum Gasteiger partial charge on any atom is 0.0811 e. The summed E-state index contributed by atoms with van der Waals surface area (Å²) < 4.78 is 0. The second-order valence-corrected chi connectivity index (χ2v) is 6.06. The Morgan fingerprint density at radius 3 is 3.00 bits per heavy atom. The Morgan fingerprint density at radius 2 is 2.40 bits per heavy atom. The van der Waals surface area contributed by atoms with Crippen molar-refractivity contribution in [2.75, 3.05) is 5.75 Å². The molecular weight excluding hydrogens is 228 g/mol. The molecule has 0 saturated carbocycles. The van der Waals surface area contributed by atoms with Crippen LogP contribution in [-0.2, 0) is 6.42 Å². The van der Waals surface area contributed by atoms with Gasteiger partial charge < -0.3 is 5.11 Å². The van der Waals surface area contributed by atoms with E-state index in [-0.39, 0.29) is 0 Å². The number of hydrogen-bond acceptors (Lipinski definition) is 2. The Hall–Kier alpha value is -0.180. The highest BCUT2D eigenvalue weighted by Gasteiger charge is 2.38. The van der Waals surface area contributed by atoms with Crippen molar-refractivity contribution in [3.05, 3.63) is 34.9 Å². The third-order valence-corrected chi connectivity index (χ3v) is 4.67. The lowest BCUT2D eigenvalue weighted by atomic mass is 9.89. The highest BCUT2D eigenvalue weighted by molar-refractivity contribution is 8.00. The second kappa shape index (κ2) is 4.36. The average Bonchev–Trinajstić information content (AvgIpc) is 2.47. The fourth-order valence-electron chi connectivity index (χ4n) is 2.00. The minimum absolute atomic E-state index is 0.316. The number of thioether (sulfide) groups is 1. The first-order valence-electron chi connectivity index (χ1n) is 5.19.